The van der Waals surface area contributed by atoms with Gasteiger partial charge in [-0.1, -0.05) is 51.1 Å². The van der Waals surface area contributed by atoms with Crippen LogP contribution in [0.25, 0.3) is 11.3 Å². The lowest BCUT2D eigenvalue weighted by Gasteiger charge is -2.55. The number of sulfonamides is 1. The second-order valence-electron chi connectivity index (χ2n) is 14.8. The number of aromatic nitrogens is 2. The molecule has 3 heterocycles. The van der Waals surface area contributed by atoms with E-state index >= 15 is 0 Å². The molecule has 1 saturated carbocycles. The van der Waals surface area contributed by atoms with E-state index < -0.39 is 10.0 Å². The molecule has 246 valence electrons. The quantitative estimate of drug-likeness (QED) is 0.317. The molecule has 10 heteroatoms. The number of hydrogen-bond donors (Lipinski definition) is 1. The molecule has 1 saturated heterocycles. The number of nitrogens with one attached hydrogen (secondary N) is 1. The molecular formula is C36H46N4O5S. The van der Waals surface area contributed by atoms with Gasteiger partial charge in [-0.25, -0.2) is 22.9 Å². The van der Waals surface area contributed by atoms with E-state index in [9.17, 15) is 13.2 Å². The Morgan fingerprint density at radius 2 is 1.72 bits per heavy atom. The molecule has 1 N–H and O–H groups in total. The molecule has 2 aliphatic heterocycles. The molecule has 3 aromatic rings. The molecule has 4 bridgehead atoms. The molecule has 2 fully saturated rings. The van der Waals surface area contributed by atoms with Gasteiger partial charge >= 0.3 is 6.09 Å². The van der Waals surface area contributed by atoms with Gasteiger partial charge in [-0.15, -0.1) is 0 Å². The van der Waals surface area contributed by atoms with Crippen LogP contribution in [0.3, 0.4) is 0 Å². The van der Waals surface area contributed by atoms with Gasteiger partial charge in [-0.3, -0.25) is 0 Å². The summed E-state index contributed by atoms with van der Waals surface area (Å²) in [6.07, 6.45) is 4.62. The van der Waals surface area contributed by atoms with Crippen molar-refractivity contribution in [1.29, 1.82) is 0 Å². The number of carbonyl (C=O) groups is 1. The van der Waals surface area contributed by atoms with E-state index in [1.807, 2.05) is 50.2 Å². The number of anilines is 1. The minimum atomic E-state index is -3.98. The lowest BCUT2D eigenvalue weighted by atomic mass is 9.52. The lowest BCUT2D eigenvalue weighted by molar-refractivity contribution is -0.0354. The van der Waals surface area contributed by atoms with Gasteiger partial charge in [0.25, 0.3) is 10.0 Å². The van der Waals surface area contributed by atoms with Gasteiger partial charge in [0.05, 0.1) is 24.3 Å². The first-order valence-corrected chi connectivity index (χ1v) is 17.8. The van der Waals surface area contributed by atoms with Crippen molar-refractivity contribution in [3.8, 4) is 17.1 Å². The SMILES string of the molecule is COC(=O)N1CCC2(CC1)CC(C1c3cccc(c3)S(=O)(=O)Nc3nc(cc(-c4c(C)cccc4C)n3)OC[C@H]1CC(C)(C)C)C2. The van der Waals surface area contributed by atoms with E-state index in [1.54, 1.807) is 11.0 Å². The Hall–Kier alpha value is -3.66. The molecule has 2 aromatic carbocycles. The maximum absolute atomic E-state index is 13.8. The summed E-state index contributed by atoms with van der Waals surface area (Å²) in [4.78, 5) is 23.3. The topological polar surface area (TPSA) is 111 Å². The van der Waals surface area contributed by atoms with Crippen LogP contribution >= 0.6 is 0 Å². The minimum Gasteiger partial charge on any atom is -0.477 e. The second kappa shape index (κ2) is 12.2. The van der Waals surface area contributed by atoms with Crippen LogP contribution in [-0.4, -0.2) is 56.2 Å². The van der Waals surface area contributed by atoms with Gasteiger partial charge < -0.3 is 14.4 Å². The number of amides is 1. The fourth-order valence-electron chi connectivity index (χ4n) is 8.16. The van der Waals surface area contributed by atoms with Gasteiger partial charge in [0.1, 0.15) is 0 Å². The predicted molar refractivity (Wildman–Crippen MR) is 178 cm³/mol. The number of hydrogen-bond acceptors (Lipinski definition) is 7. The maximum Gasteiger partial charge on any atom is 0.409 e. The Kier molecular flexibility index (Phi) is 8.54. The second-order valence-corrected chi connectivity index (χ2v) is 16.5. The standard InChI is InChI=1S/C36H46N4O5S/c1-23-9-7-10-24(2)31(23)29-18-30-38-33(37-29)39-46(42,43)28-12-8-11-25(17-28)32(27(22-45-30)19-35(3,4)5)26-20-36(21-26)13-15-40(16-14-36)34(41)44-6/h7-12,17-18,26-27,32H,13-16,19-22H2,1-6H3,(H,37,38,39)/t27-,32?/m1/s1. The van der Waals surface area contributed by atoms with Gasteiger partial charge in [-0.2, -0.15) is 4.98 Å². The van der Waals surface area contributed by atoms with Crippen molar-refractivity contribution in [3.05, 3.63) is 65.2 Å². The smallest absolute Gasteiger partial charge is 0.409 e. The van der Waals surface area contributed by atoms with E-state index in [0.717, 1.165) is 54.4 Å². The normalized spacial score (nSPS) is 22.4. The van der Waals surface area contributed by atoms with Crippen LogP contribution in [0.15, 0.2) is 53.4 Å². The summed E-state index contributed by atoms with van der Waals surface area (Å²) in [5, 5.41) is 0. The summed E-state index contributed by atoms with van der Waals surface area (Å²) in [5.41, 5.74) is 4.86. The van der Waals surface area contributed by atoms with Gasteiger partial charge in [-0.05, 0) is 97.4 Å². The Balaban J connectivity index is 1.38. The maximum atomic E-state index is 13.8. The lowest BCUT2D eigenvalue weighted by Crippen LogP contribution is -2.50. The number of fused-ring (bicyclic) bond motifs is 4. The summed E-state index contributed by atoms with van der Waals surface area (Å²) in [6.45, 7) is 12.6. The van der Waals surface area contributed by atoms with Gasteiger partial charge in [0.15, 0.2) is 0 Å². The van der Waals surface area contributed by atoms with E-state index in [-0.39, 0.29) is 39.6 Å². The highest BCUT2D eigenvalue weighted by molar-refractivity contribution is 7.92. The largest absolute Gasteiger partial charge is 0.477 e. The molecule has 6 rings (SSSR count). The third-order valence-electron chi connectivity index (χ3n) is 10.2. The summed E-state index contributed by atoms with van der Waals surface area (Å²) in [6, 6.07) is 15.3. The van der Waals surface area contributed by atoms with E-state index in [2.05, 4.69) is 41.5 Å². The Bertz CT molecular complexity index is 1700. The van der Waals surface area contributed by atoms with Crippen LogP contribution in [0.2, 0.25) is 0 Å². The zero-order valence-electron chi connectivity index (χ0n) is 27.8. The number of carbonyl (C=O) groups excluding carboxylic acids is 1. The summed E-state index contributed by atoms with van der Waals surface area (Å²) in [7, 11) is -2.55. The number of nitrogens with zero attached hydrogens (tertiary/aromatic N) is 3. The third kappa shape index (κ3) is 6.59. The number of likely N-dealkylation sites (tertiary alicyclic amines) is 1. The third-order valence-corrected chi connectivity index (χ3v) is 11.5. The van der Waals surface area contributed by atoms with Crippen LogP contribution in [-0.2, 0) is 14.8 Å². The molecule has 1 unspecified atom stereocenters. The van der Waals surface area contributed by atoms with Gasteiger partial charge in [0.2, 0.25) is 11.8 Å². The zero-order valence-corrected chi connectivity index (χ0v) is 28.6. The average Bonchev–Trinajstić information content (AvgIpc) is 2.98. The molecule has 46 heavy (non-hydrogen) atoms. The predicted octanol–water partition coefficient (Wildman–Crippen LogP) is 7.35. The van der Waals surface area contributed by atoms with Crippen molar-refractivity contribution in [2.75, 3.05) is 31.5 Å². The average molecular weight is 647 g/mol. The minimum absolute atomic E-state index is 0.00992. The Morgan fingerprint density at radius 1 is 1.04 bits per heavy atom. The number of methoxy groups -OCH3 is 1. The summed E-state index contributed by atoms with van der Waals surface area (Å²) in [5.74, 6) is 0.916. The molecule has 1 aliphatic carbocycles. The van der Waals surface area contributed by atoms with Crippen LogP contribution in [0.1, 0.15) is 75.5 Å². The van der Waals surface area contributed by atoms with Gasteiger partial charge in [0, 0.05) is 30.6 Å². The molecule has 1 aromatic heterocycles. The van der Waals surface area contributed by atoms with Crippen molar-refractivity contribution in [2.24, 2.45) is 22.7 Å². The number of rotatable bonds is 3. The number of ether oxygens (including phenoxy) is 2. The molecular weight excluding hydrogens is 600 g/mol. The van der Waals surface area contributed by atoms with Crippen molar-refractivity contribution >= 4 is 22.1 Å². The van der Waals surface area contributed by atoms with Crippen LogP contribution < -0.4 is 9.46 Å². The monoisotopic (exact) mass is 646 g/mol. The fraction of sp³-hybridized carbons (Fsp3) is 0.528. The van der Waals surface area contributed by atoms with Crippen LogP contribution in [0, 0.1) is 36.5 Å². The number of aryl methyl sites for hydroxylation is 2. The molecule has 1 spiro atoms. The molecule has 2 atom stereocenters. The first kappa shape index (κ1) is 32.3. The summed E-state index contributed by atoms with van der Waals surface area (Å²) < 4.78 is 41.8. The Morgan fingerprint density at radius 3 is 2.37 bits per heavy atom. The Labute approximate surface area is 273 Å². The van der Waals surface area contributed by atoms with Crippen molar-refractivity contribution in [2.45, 2.75) is 77.5 Å². The highest BCUT2D eigenvalue weighted by Crippen LogP contribution is 2.59. The van der Waals surface area contributed by atoms with Crippen LogP contribution in [0.5, 0.6) is 5.88 Å². The van der Waals surface area contributed by atoms with Crippen molar-refractivity contribution in [3.63, 3.8) is 0 Å². The van der Waals surface area contributed by atoms with E-state index in [1.165, 1.54) is 7.11 Å². The van der Waals surface area contributed by atoms with Crippen LogP contribution in [0.4, 0.5) is 10.7 Å². The molecule has 1 amide bonds. The zero-order chi connectivity index (χ0) is 32.9. The van der Waals surface area contributed by atoms with E-state index in [4.69, 9.17) is 9.47 Å². The first-order valence-electron chi connectivity index (χ1n) is 16.3. The molecule has 0 radical (unpaired) electrons. The number of benzene rings is 2. The molecule has 9 nitrogen and oxygen atoms in total. The summed E-state index contributed by atoms with van der Waals surface area (Å²) >= 11 is 0. The highest BCUT2D eigenvalue weighted by Gasteiger charge is 2.51. The molecule has 3 aliphatic rings. The fourth-order valence-corrected chi connectivity index (χ4v) is 9.16. The number of piperidine rings is 1. The van der Waals surface area contributed by atoms with E-state index in [0.29, 0.717) is 37.2 Å². The van der Waals surface area contributed by atoms with Crippen molar-refractivity contribution < 1.29 is 22.7 Å². The highest BCUT2D eigenvalue weighted by atomic mass is 32.2. The first-order chi connectivity index (χ1) is 21.8. The van der Waals surface area contributed by atoms with Crippen molar-refractivity contribution in [1.82, 2.24) is 14.9 Å².